The first-order chi connectivity index (χ1) is 18.6. The highest BCUT2D eigenvalue weighted by molar-refractivity contribution is 6.31. The number of pyridine rings is 1. The summed E-state index contributed by atoms with van der Waals surface area (Å²) in [5, 5.41) is 8.32. The van der Waals surface area contributed by atoms with Crippen LogP contribution in [-0.2, 0) is 28.6 Å². The Kier molecular flexibility index (Phi) is 8.03. The molecular weight excluding hydrogens is 558 g/mol. The number of hydrogen-bond donors (Lipinski definition) is 2. The molecule has 3 aromatic rings. The fraction of sp³-hybridized carbons (Fsp3) is 0.423. The Bertz CT molecular complexity index is 1360. The number of amides is 2. The number of urea groups is 1. The summed E-state index contributed by atoms with van der Waals surface area (Å²) in [7, 11) is 1.41. The van der Waals surface area contributed by atoms with Crippen LogP contribution in [0.3, 0.4) is 0 Å². The van der Waals surface area contributed by atoms with E-state index >= 15 is 0 Å². The Hall–Kier alpha value is -3.42. The number of hydrogen-bond acceptors (Lipinski definition) is 6. The molecule has 0 unspecified atom stereocenters. The number of alkyl halides is 3. The van der Waals surface area contributed by atoms with E-state index in [0.717, 1.165) is 11.0 Å². The number of anilines is 2. The van der Waals surface area contributed by atoms with E-state index in [1.54, 1.807) is 27.7 Å². The maximum absolute atomic E-state index is 14.0. The van der Waals surface area contributed by atoms with Gasteiger partial charge < -0.3 is 19.5 Å². The molecule has 0 saturated carbocycles. The topological polar surface area (TPSA) is 102 Å². The number of nitrogens with one attached hydrogen (secondary N) is 2. The van der Waals surface area contributed by atoms with Crippen LogP contribution >= 0.6 is 11.6 Å². The lowest BCUT2D eigenvalue weighted by atomic mass is 9.90. The number of carbonyl (C=O) groups excluding carboxylic acids is 1. The van der Waals surface area contributed by atoms with Crippen LogP contribution in [0.2, 0.25) is 5.02 Å². The highest BCUT2D eigenvalue weighted by Gasteiger charge is 2.50. The smallest absolute Gasteiger partial charge is 0.435 e. The Morgan fingerprint density at radius 3 is 2.40 bits per heavy atom. The number of rotatable bonds is 7. The van der Waals surface area contributed by atoms with Gasteiger partial charge in [0.25, 0.3) is 0 Å². The minimum atomic E-state index is -4.78. The van der Waals surface area contributed by atoms with Crippen LogP contribution in [-0.4, -0.2) is 45.8 Å². The summed E-state index contributed by atoms with van der Waals surface area (Å²) in [4.78, 5) is 18.7. The Balaban J connectivity index is 1.70. The first-order valence-corrected chi connectivity index (χ1v) is 12.5. The van der Waals surface area contributed by atoms with Gasteiger partial charge in [0.1, 0.15) is 5.82 Å². The van der Waals surface area contributed by atoms with E-state index in [1.165, 1.54) is 37.6 Å². The van der Waals surface area contributed by atoms with Gasteiger partial charge in [0.2, 0.25) is 5.88 Å². The molecule has 2 N–H and O–H groups in total. The van der Waals surface area contributed by atoms with Crippen LogP contribution in [0.1, 0.15) is 44.6 Å². The minimum absolute atomic E-state index is 0.00476. The predicted molar refractivity (Wildman–Crippen MR) is 139 cm³/mol. The van der Waals surface area contributed by atoms with E-state index in [-0.39, 0.29) is 46.5 Å². The number of methoxy groups -OCH3 is 1. The van der Waals surface area contributed by atoms with E-state index in [9.17, 15) is 22.4 Å². The average molecular weight is 586 g/mol. The number of aromatic amines is 1. The number of aromatic nitrogens is 3. The van der Waals surface area contributed by atoms with Crippen molar-refractivity contribution in [3.8, 4) is 5.88 Å². The van der Waals surface area contributed by atoms with Crippen molar-refractivity contribution in [3.63, 3.8) is 0 Å². The molecule has 14 heteroatoms. The Morgan fingerprint density at radius 1 is 1.18 bits per heavy atom. The SMILES string of the molecule is COc1ccc(N(Cc2[nH]nc(C(F)(F)F)c2CC2OC(C)(C)C(C)(C)O2)C(=O)Nc2ccc(F)c(Cl)c2)cn1. The average Bonchev–Trinajstić information content (AvgIpc) is 3.35. The number of carbonyl (C=O) groups is 1. The molecule has 1 aliphatic heterocycles. The fourth-order valence-corrected chi connectivity index (χ4v) is 4.24. The fourth-order valence-electron chi connectivity index (χ4n) is 4.06. The van der Waals surface area contributed by atoms with Crippen LogP contribution in [0.15, 0.2) is 36.5 Å². The van der Waals surface area contributed by atoms with Crippen molar-refractivity contribution in [1.82, 2.24) is 15.2 Å². The lowest BCUT2D eigenvalue weighted by Crippen LogP contribution is -2.41. The molecule has 3 heterocycles. The maximum atomic E-state index is 14.0. The quantitative estimate of drug-likeness (QED) is 0.314. The molecule has 40 heavy (non-hydrogen) atoms. The molecule has 216 valence electrons. The van der Waals surface area contributed by atoms with E-state index in [4.69, 9.17) is 25.8 Å². The van der Waals surface area contributed by atoms with Gasteiger partial charge in [0.05, 0.1) is 47.5 Å². The van der Waals surface area contributed by atoms with E-state index in [0.29, 0.717) is 0 Å². The second-order valence-corrected chi connectivity index (χ2v) is 10.5. The molecule has 0 bridgehead atoms. The van der Waals surface area contributed by atoms with Crippen LogP contribution in [0, 0.1) is 5.82 Å². The van der Waals surface area contributed by atoms with Crippen LogP contribution in [0.4, 0.5) is 33.7 Å². The number of benzene rings is 1. The van der Waals surface area contributed by atoms with Crippen LogP contribution in [0.25, 0.3) is 0 Å². The molecule has 1 fully saturated rings. The second kappa shape index (κ2) is 10.9. The molecule has 2 aromatic heterocycles. The first-order valence-electron chi connectivity index (χ1n) is 12.1. The lowest BCUT2D eigenvalue weighted by molar-refractivity contribution is -0.142. The van der Waals surface area contributed by atoms with E-state index in [2.05, 4.69) is 20.5 Å². The third-order valence-corrected chi connectivity index (χ3v) is 7.16. The van der Waals surface area contributed by atoms with Crippen LogP contribution < -0.4 is 15.0 Å². The standard InChI is InChI=1S/C26H28ClF4N5O4/c1-24(2)25(3,4)40-21(39-24)11-16-19(34-35-22(16)26(29,30)31)13-36(15-7-9-20(38-5)32-12-15)23(37)33-14-6-8-18(28)17(27)10-14/h6-10,12,21H,11,13H2,1-5H3,(H,33,37)(H,34,35). The molecule has 9 nitrogen and oxygen atoms in total. The summed E-state index contributed by atoms with van der Waals surface area (Å²) >= 11 is 5.84. The van der Waals surface area contributed by atoms with E-state index in [1.807, 2.05) is 0 Å². The summed E-state index contributed by atoms with van der Waals surface area (Å²) in [5.74, 6) is -0.419. The molecule has 4 rings (SSSR count). The van der Waals surface area contributed by atoms with Crippen molar-refractivity contribution in [2.75, 3.05) is 17.3 Å². The van der Waals surface area contributed by atoms with Crippen molar-refractivity contribution < 1.29 is 36.6 Å². The number of ether oxygens (including phenoxy) is 3. The third-order valence-electron chi connectivity index (χ3n) is 6.87. The molecule has 0 radical (unpaired) electrons. The summed E-state index contributed by atoms with van der Waals surface area (Å²) < 4.78 is 72.5. The van der Waals surface area contributed by atoms with Gasteiger partial charge in [0, 0.05) is 23.7 Å². The zero-order valence-electron chi connectivity index (χ0n) is 22.3. The molecule has 0 atom stereocenters. The highest BCUT2D eigenvalue weighted by Crippen LogP contribution is 2.41. The highest BCUT2D eigenvalue weighted by atomic mass is 35.5. The van der Waals surface area contributed by atoms with Gasteiger partial charge in [-0.3, -0.25) is 10.00 Å². The predicted octanol–water partition coefficient (Wildman–Crippen LogP) is 6.34. The number of nitrogens with zero attached hydrogens (tertiary/aromatic N) is 3. The minimum Gasteiger partial charge on any atom is -0.481 e. The summed E-state index contributed by atoms with van der Waals surface area (Å²) in [5.41, 5.74) is -2.48. The van der Waals surface area contributed by atoms with Gasteiger partial charge >= 0.3 is 12.2 Å². The largest absolute Gasteiger partial charge is 0.481 e. The van der Waals surface area contributed by atoms with Gasteiger partial charge in [-0.05, 0) is 52.0 Å². The molecule has 1 saturated heterocycles. The van der Waals surface area contributed by atoms with Crippen molar-refractivity contribution in [2.45, 2.75) is 64.3 Å². The van der Waals surface area contributed by atoms with Crippen molar-refractivity contribution >= 4 is 29.0 Å². The van der Waals surface area contributed by atoms with Gasteiger partial charge in [-0.25, -0.2) is 14.2 Å². The molecule has 0 aliphatic carbocycles. The number of H-pyrrole nitrogens is 1. The zero-order chi connectivity index (χ0) is 29.5. The van der Waals surface area contributed by atoms with Gasteiger partial charge in [0.15, 0.2) is 12.0 Å². The van der Waals surface area contributed by atoms with E-state index < -0.39 is 41.2 Å². The molecule has 1 aromatic carbocycles. The lowest BCUT2D eigenvalue weighted by Gasteiger charge is -2.30. The monoisotopic (exact) mass is 585 g/mol. The van der Waals surface area contributed by atoms with Crippen molar-refractivity contribution in [3.05, 3.63) is 64.3 Å². The van der Waals surface area contributed by atoms with Crippen LogP contribution in [0.5, 0.6) is 5.88 Å². The summed E-state index contributed by atoms with van der Waals surface area (Å²) in [6, 6.07) is 5.83. The Labute approximate surface area is 232 Å². The molecule has 1 aliphatic rings. The third kappa shape index (κ3) is 6.16. The second-order valence-electron chi connectivity index (χ2n) is 10.1. The summed E-state index contributed by atoms with van der Waals surface area (Å²) in [6.45, 7) is 6.79. The Morgan fingerprint density at radius 2 is 1.85 bits per heavy atom. The molecule has 2 amide bonds. The van der Waals surface area contributed by atoms with Gasteiger partial charge in [-0.2, -0.15) is 18.3 Å². The molecule has 0 spiro atoms. The van der Waals surface area contributed by atoms with Gasteiger partial charge in [-0.15, -0.1) is 0 Å². The van der Waals surface area contributed by atoms with Crippen molar-refractivity contribution in [2.24, 2.45) is 0 Å². The number of halogens is 5. The summed E-state index contributed by atoms with van der Waals surface area (Å²) in [6.07, 6.45) is -4.73. The maximum Gasteiger partial charge on any atom is 0.435 e. The van der Waals surface area contributed by atoms with Crippen molar-refractivity contribution in [1.29, 1.82) is 0 Å². The van der Waals surface area contributed by atoms with Gasteiger partial charge in [-0.1, -0.05) is 11.6 Å². The zero-order valence-corrected chi connectivity index (χ0v) is 23.1. The normalized spacial score (nSPS) is 16.6. The first kappa shape index (κ1) is 29.6. The molecular formula is C26H28ClF4N5O4.